The second kappa shape index (κ2) is 10.0. The van der Waals surface area contributed by atoms with Gasteiger partial charge in [-0.15, -0.1) is 0 Å². The van der Waals surface area contributed by atoms with Crippen LogP contribution in [0.25, 0.3) is 0 Å². The number of fused-ring (bicyclic) bond motifs is 5. The summed E-state index contributed by atoms with van der Waals surface area (Å²) in [5.41, 5.74) is 6.32. The van der Waals surface area contributed by atoms with E-state index in [1.165, 1.54) is 38.5 Å². The molecule has 2 unspecified atom stereocenters. The molecule has 0 bridgehead atoms. The van der Waals surface area contributed by atoms with Crippen molar-refractivity contribution in [3.8, 4) is 0 Å². The van der Waals surface area contributed by atoms with Crippen molar-refractivity contribution < 1.29 is 29.3 Å². The Morgan fingerprint density at radius 2 is 1.63 bits per heavy atom. The van der Waals surface area contributed by atoms with Crippen LogP contribution in [0.2, 0.25) is 0 Å². The molecule has 4 aliphatic rings. The quantitative estimate of drug-likeness (QED) is 0.414. The topological polar surface area (TPSA) is 127 Å². The average molecular weight is 492 g/mol. The molecule has 7 nitrogen and oxygen atoms in total. The largest absolute Gasteiger partial charge is 0.481 e. The van der Waals surface area contributed by atoms with E-state index < -0.39 is 30.4 Å². The van der Waals surface area contributed by atoms with Gasteiger partial charge in [0.15, 0.2) is 0 Å². The number of carboxylic acids is 2. The highest BCUT2D eigenvalue weighted by molar-refractivity contribution is 5.81. The summed E-state index contributed by atoms with van der Waals surface area (Å²) in [6, 6.07) is -1.10. The van der Waals surface area contributed by atoms with Gasteiger partial charge in [-0.1, -0.05) is 20.8 Å². The lowest BCUT2D eigenvalue weighted by Crippen LogP contribution is -2.54. The lowest BCUT2D eigenvalue weighted by atomic mass is 9.44. The van der Waals surface area contributed by atoms with Gasteiger partial charge in [-0.2, -0.15) is 0 Å². The van der Waals surface area contributed by atoms with Crippen LogP contribution in [0.4, 0.5) is 0 Å². The van der Waals surface area contributed by atoms with Gasteiger partial charge >= 0.3 is 17.9 Å². The molecule has 0 aromatic carbocycles. The number of esters is 1. The monoisotopic (exact) mass is 491 g/mol. The highest BCUT2D eigenvalue weighted by Gasteiger charge is 2.60. The maximum atomic E-state index is 12.3. The number of ether oxygens (including phenoxy) is 1. The van der Waals surface area contributed by atoms with Crippen molar-refractivity contribution >= 4 is 17.9 Å². The Hall–Kier alpha value is -1.63. The van der Waals surface area contributed by atoms with Gasteiger partial charge in [0.2, 0.25) is 0 Å². The van der Waals surface area contributed by atoms with E-state index in [0.29, 0.717) is 29.1 Å². The average Bonchev–Trinajstić information content (AvgIpc) is 3.14. The molecule has 198 valence electrons. The molecule has 4 aliphatic carbocycles. The van der Waals surface area contributed by atoms with Crippen LogP contribution in [0.1, 0.15) is 97.8 Å². The summed E-state index contributed by atoms with van der Waals surface area (Å²) in [6.45, 7) is 7.26. The molecule has 4 fully saturated rings. The number of hydrogen-bond acceptors (Lipinski definition) is 5. The van der Waals surface area contributed by atoms with E-state index in [-0.39, 0.29) is 17.9 Å². The lowest BCUT2D eigenvalue weighted by Gasteiger charge is -2.61. The molecule has 0 saturated heterocycles. The Labute approximate surface area is 209 Å². The number of carboxylic acid groups (broad SMARTS) is 2. The number of rotatable bonds is 8. The molecular formula is C28H45NO6. The van der Waals surface area contributed by atoms with Crippen molar-refractivity contribution in [2.45, 2.75) is 110 Å². The molecule has 0 aliphatic heterocycles. The first-order valence-electron chi connectivity index (χ1n) is 13.9. The molecule has 10 atom stereocenters. The molecule has 0 amide bonds. The van der Waals surface area contributed by atoms with Crippen LogP contribution in [0.5, 0.6) is 0 Å². The standard InChI is InChI=1S/C28H45NO6/c1-16(4-9-24(30)31)20-7-8-21-19-6-5-17-14-18(35-26(34)23(29)15-25(32)33)10-12-27(17,2)22(19)11-13-28(20,21)3/h16-23H,4-15,29H2,1-3H3,(H,30,31)(H,32,33)/t16-,17-,18+,19+,20?,21+,22+,23?,27+,28-/m1/s1. The molecule has 35 heavy (non-hydrogen) atoms. The first-order valence-corrected chi connectivity index (χ1v) is 13.9. The normalized spacial score (nSPS) is 42.2. The zero-order valence-electron chi connectivity index (χ0n) is 21.7. The maximum Gasteiger partial charge on any atom is 0.323 e. The van der Waals surface area contributed by atoms with Crippen LogP contribution >= 0.6 is 0 Å². The van der Waals surface area contributed by atoms with Gasteiger partial charge in [0.05, 0.1) is 6.42 Å². The molecule has 0 spiro atoms. The summed E-state index contributed by atoms with van der Waals surface area (Å²) in [5, 5.41) is 18.1. The van der Waals surface area contributed by atoms with Crippen molar-refractivity contribution in [2.24, 2.45) is 52.1 Å². The fraction of sp³-hybridized carbons (Fsp3) is 0.893. The minimum Gasteiger partial charge on any atom is -0.481 e. The molecule has 7 heteroatoms. The minimum absolute atomic E-state index is 0.156. The van der Waals surface area contributed by atoms with Gasteiger partial charge < -0.3 is 20.7 Å². The molecule has 0 aromatic heterocycles. The number of carbonyl (C=O) groups is 3. The summed E-state index contributed by atoms with van der Waals surface area (Å²) in [5.74, 6) is 1.45. The van der Waals surface area contributed by atoms with E-state index in [9.17, 15) is 14.4 Å². The predicted octanol–water partition coefficient (Wildman–Crippen LogP) is 4.86. The Morgan fingerprint density at radius 1 is 0.943 bits per heavy atom. The smallest absolute Gasteiger partial charge is 0.323 e. The third-order valence-electron chi connectivity index (χ3n) is 11.2. The van der Waals surface area contributed by atoms with E-state index in [1.54, 1.807) is 0 Å². The number of nitrogens with two attached hydrogens (primary N) is 1. The van der Waals surface area contributed by atoms with Gasteiger partial charge in [-0.3, -0.25) is 14.4 Å². The second-order valence-electron chi connectivity index (χ2n) is 12.8. The highest BCUT2D eigenvalue weighted by Crippen LogP contribution is 2.68. The molecule has 4 saturated carbocycles. The zero-order chi connectivity index (χ0) is 25.5. The molecular weight excluding hydrogens is 446 g/mol. The van der Waals surface area contributed by atoms with Crippen LogP contribution in [0, 0.1) is 46.3 Å². The Balaban J connectivity index is 1.40. The Kier molecular flexibility index (Phi) is 7.57. The van der Waals surface area contributed by atoms with E-state index in [2.05, 4.69) is 20.8 Å². The lowest BCUT2D eigenvalue weighted by molar-refractivity contribution is -0.165. The van der Waals surface area contributed by atoms with Crippen molar-refractivity contribution in [1.29, 1.82) is 0 Å². The zero-order valence-corrected chi connectivity index (χ0v) is 21.7. The maximum absolute atomic E-state index is 12.3. The van der Waals surface area contributed by atoms with Crippen molar-refractivity contribution in [1.82, 2.24) is 0 Å². The molecule has 0 heterocycles. The minimum atomic E-state index is -1.10. The fourth-order valence-corrected chi connectivity index (χ4v) is 9.38. The number of hydrogen-bond donors (Lipinski definition) is 3. The van der Waals surface area contributed by atoms with Crippen molar-refractivity contribution in [3.63, 3.8) is 0 Å². The summed E-state index contributed by atoms with van der Waals surface area (Å²) < 4.78 is 5.68. The SMILES string of the molecule is C[C@H](CCC(=O)O)C1CC[C@H]2[C@@H]3CC[C@@H]4C[C@@H](OC(=O)C(N)CC(=O)O)CC[C@]4(C)[C@H]3CC[C@]12C. The van der Waals surface area contributed by atoms with E-state index >= 15 is 0 Å². The van der Waals surface area contributed by atoms with E-state index in [4.69, 9.17) is 20.7 Å². The molecule has 0 radical (unpaired) electrons. The second-order valence-corrected chi connectivity index (χ2v) is 12.8. The summed E-state index contributed by atoms with van der Waals surface area (Å²) in [4.78, 5) is 34.3. The number of aliphatic carboxylic acids is 2. The van der Waals surface area contributed by atoms with Crippen LogP contribution in [-0.2, 0) is 19.1 Å². The summed E-state index contributed by atoms with van der Waals surface area (Å²) in [7, 11) is 0. The van der Waals surface area contributed by atoms with Crippen LogP contribution in [0.15, 0.2) is 0 Å². The van der Waals surface area contributed by atoms with Crippen LogP contribution < -0.4 is 5.73 Å². The Morgan fingerprint density at radius 3 is 2.31 bits per heavy atom. The highest BCUT2D eigenvalue weighted by atomic mass is 16.5. The molecule has 4 rings (SSSR count). The molecule has 0 aromatic rings. The van der Waals surface area contributed by atoms with Gasteiger partial charge in [0, 0.05) is 6.42 Å². The first-order chi connectivity index (χ1) is 16.5. The van der Waals surface area contributed by atoms with Gasteiger partial charge in [-0.25, -0.2) is 0 Å². The van der Waals surface area contributed by atoms with Gasteiger partial charge in [-0.05, 0) is 111 Å². The third kappa shape index (κ3) is 4.99. The predicted molar refractivity (Wildman–Crippen MR) is 131 cm³/mol. The summed E-state index contributed by atoms with van der Waals surface area (Å²) in [6.07, 6.45) is 10.7. The van der Waals surface area contributed by atoms with Gasteiger partial charge in [0.25, 0.3) is 0 Å². The summed E-state index contributed by atoms with van der Waals surface area (Å²) >= 11 is 0. The van der Waals surface area contributed by atoms with E-state index in [0.717, 1.165) is 37.5 Å². The van der Waals surface area contributed by atoms with Crippen LogP contribution in [-0.4, -0.2) is 40.3 Å². The van der Waals surface area contributed by atoms with E-state index in [1.807, 2.05) is 0 Å². The number of carbonyl (C=O) groups excluding carboxylic acids is 1. The van der Waals surface area contributed by atoms with Gasteiger partial charge in [0.1, 0.15) is 12.1 Å². The third-order valence-corrected chi connectivity index (χ3v) is 11.2. The Bertz CT molecular complexity index is 830. The fourth-order valence-electron chi connectivity index (χ4n) is 9.38. The van der Waals surface area contributed by atoms with Crippen molar-refractivity contribution in [2.75, 3.05) is 0 Å². The first kappa shape index (κ1) is 26.4. The van der Waals surface area contributed by atoms with Crippen molar-refractivity contribution in [3.05, 3.63) is 0 Å². The molecule has 4 N–H and O–H groups in total. The van der Waals surface area contributed by atoms with Crippen LogP contribution in [0.3, 0.4) is 0 Å².